The number of nitrogens with one attached hydrogen (secondary N) is 2. The van der Waals surface area contributed by atoms with Gasteiger partial charge < -0.3 is 10.6 Å². The van der Waals surface area contributed by atoms with E-state index in [1.54, 1.807) is 19.1 Å². The fourth-order valence-electron chi connectivity index (χ4n) is 2.16. The van der Waals surface area contributed by atoms with E-state index in [-0.39, 0.29) is 36.6 Å². The van der Waals surface area contributed by atoms with E-state index in [9.17, 15) is 14.0 Å². The van der Waals surface area contributed by atoms with Crippen LogP contribution >= 0.6 is 11.3 Å². The molecule has 1 heterocycles. The van der Waals surface area contributed by atoms with Crippen LogP contribution < -0.4 is 10.6 Å². The van der Waals surface area contributed by atoms with E-state index < -0.39 is 0 Å². The minimum Gasteiger partial charge on any atom is -0.352 e. The number of halogens is 1. The smallest absolute Gasteiger partial charge is 0.222 e. The third-order valence-corrected chi connectivity index (χ3v) is 4.37. The molecule has 1 aromatic heterocycles. The van der Waals surface area contributed by atoms with E-state index in [0.29, 0.717) is 11.1 Å². The van der Waals surface area contributed by atoms with Crippen LogP contribution in [-0.2, 0) is 16.1 Å². The first-order chi connectivity index (χ1) is 11.0. The fraction of sp³-hybridized carbons (Fsp3) is 0.294. The quantitative estimate of drug-likeness (QED) is 0.853. The lowest BCUT2D eigenvalue weighted by atomic mass is 10.1. The Balaban J connectivity index is 1.93. The molecule has 2 N–H and O–H groups in total. The highest BCUT2D eigenvalue weighted by Crippen LogP contribution is 2.22. The van der Waals surface area contributed by atoms with E-state index in [1.807, 2.05) is 17.5 Å². The topological polar surface area (TPSA) is 58.2 Å². The molecule has 122 valence electrons. The molecule has 0 spiro atoms. The Hall–Kier alpha value is -2.21. The molecule has 1 atom stereocenters. The number of carbonyl (C=O) groups is 2. The molecule has 0 saturated heterocycles. The standard InChI is InChI=1S/C17H19FN2O2S/c1-11-5-6-13(8-14(11)18)10-19-17(22)9-15(20-12(2)21)16-4-3-7-23-16/h3-8,15H,9-10H2,1-2H3,(H,19,22)(H,20,21)/t15-/m0/s1. The molecule has 23 heavy (non-hydrogen) atoms. The molecular formula is C17H19FN2O2S. The second-order valence-electron chi connectivity index (χ2n) is 5.33. The molecule has 2 amide bonds. The molecule has 0 bridgehead atoms. The Bertz CT molecular complexity index is 686. The van der Waals surface area contributed by atoms with Crippen molar-refractivity contribution in [1.82, 2.24) is 10.6 Å². The number of carbonyl (C=O) groups excluding carboxylic acids is 2. The maximum Gasteiger partial charge on any atom is 0.222 e. The number of amides is 2. The van der Waals surface area contributed by atoms with Crippen LogP contribution in [0.2, 0.25) is 0 Å². The summed E-state index contributed by atoms with van der Waals surface area (Å²) in [4.78, 5) is 24.3. The van der Waals surface area contributed by atoms with E-state index in [4.69, 9.17) is 0 Å². The number of rotatable bonds is 6. The van der Waals surface area contributed by atoms with Crippen molar-refractivity contribution in [3.05, 3.63) is 57.5 Å². The first-order valence-corrected chi connectivity index (χ1v) is 8.16. The van der Waals surface area contributed by atoms with Crippen LogP contribution in [0.1, 0.15) is 35.4 Å². The zero-order chi connectivity index (χ0) is 16.8. The highest BCUT2D eigenvalue weighted by molar-refractivity contribution is 7.10. The number of hydrogen-bond donors (Lipinski definition) is 2. The van der Waals surface area contributed by atoms with Gasteiger partial charge in [-0.25, -0.2) is 4.39 Å². The van der Waals surface area contributed by atoms with E-state index in [1.165, 1.54) is 24.3 Å². The second kappa shape index (κ2) is 7.87. The minimum atomic E-state index is -0.345. The Morgan fingerprint density at radius 3 is 2.70 bits per heavy atom. The summed E-state index contributed by atoms with van der Waals surface area (Å²) in [7, 11) is 0. The van der Waals surface area contributed by atoms with Gasteiger partial charge in [-0.3, -0.25) is 9.59 Å². The summed E-state index contributed by atoms with van der Waals surface area (Å²) in [6.45, 7) is 3.37. The average Bonchev–Trinajstić information content (AvgIpc) is 3.01. The van der Waals surface area contributed by atoms with Gasteiger partial charge in [0, 0.05) is 18.3 Å². The molecule has 2 rings (SSSR count). The van der Waals surface area contributed by atoms with Gasteiger partial charge in [0.1, 0.15) is 5.82 Å². The van der Waals surface area contributed by atoms with Crippen molar-refractivity contribution >= 4 is 23.2 Å². The summed E-state index contributed by atoms with van der Waals surface area (Å²) in [5.41, 5.74) is 1.28. The third-order valence-electron chi connectivity index (χ3n) is 3.38. The first kappa shape index (κ1) is 17.1. The molecule has 0 radical (unpaired) electrons. The maximum absolute atomic E-state index is 13.5. The summed E-state index contributed by atoms with van der Waals surface area (Å²) in [5, 5.41) is 7.44. The van der Waals surface area contributed by atoms with E-state index in [0.717, 1.165) is 4.88 Å². The zero-order valence-corrected chi connectivity index (χ0v) is 13.9. The van der Waals surface area contributed by atoms with Crippen molar-refractivity contribution in [2.45, 2.75) is 32.9 Å². The number of benzene rings is 1. The van der Waals surface area contributed by atoms with Crippen LogP contribution in [0.3, 0.4) is 0 Å². The molecule has 0 aliphatic rings. The molecule has 0 unspecified atom stereocenters. The second-order valence-corrected chi connectivity index (χ2v) is 6.31. The van der Waals surface area contributed by atoms with Gasteiger partial charge in [-0.05, 0) is 35.6 Å². The van der Waals surface area contributed by atoms with Gasteiger partial charge in [0.15, 0.2) is 0 Å². The molecule has 2 aromatic rings. The highest BCUT2D eigenvalue weighted by atomic mass is 32.1. The molecule has 0 aliphatic heterocycles. The molecule has 1 aromatic carbocycles. The molecule has 0 aliphatic carbocycles. The van der Waals surface area contributed by atoms with Gasteiger partial charge in [0.2, 0.25) is 11.8 Å². The van der Waals surface area contributed by atoms with Crippen LogP contribution in [0, 0.1) is 12.7 Å². The monoisotopic (exact) mass is 334 g/mol. The summed E-state index contributed by atoms with van der Waals surface area (Å²) < 4.78 is 13.5. The van der Waals surface area contributed by atoms with Crippen LogP contribution in [-0.4, -0.2) is 11.8 Å². The summed E-state index contributed by atoms with van der Waals surface area (Å²) in [6, 6.07) is 8.30. The number of aryl methyl sites for hydroxylation is 1. The van der Waals surface area contributed by atoms with Gasteiger partial charge in [-0.1, -0.05) is 18.2 Å². The van der Waals surface area contributed by atoms with Crippen LogP contribution in [0.15, 0.2) is 35.7 Å². The number of thiophene rings is 1. The fourth-order valence-corrected chi connectivity index (χ4v) is 2.94. The Morgan fingerprint density at radius 1 is 1.30 bits per heavy atom. The summed E-state index contributed by atoms with van der Waals surface area (Å²) in [5.74, 6) is -0.665. The molecule has 4 nitrogen and oxygen atoms in total. The van der Waals surface area contributed by atoms with Crippen LogP contribution in [0.5, 0.6) is 0 Å². The summed E-state index contributed by atoms with van der Waals surface area (Å²) in [6.07, 6.45) is 0.147. The zero-order valence-electron chi connectivity index (χ0n) is 13.1. The van der Waals surface area contributed by atoms with Gasteiger partial charge in [0.25, 0.3) is 0 Å². The lowest BCUT2D eigenvalue weighted by molar-refractivity contribution is -0.122. The van der Waals surface area contributed by atoms with E-state index >= 15 is 0 Å². The van der Waals surface area contributed by atoms with Crippen molar-refractivity contribution in [2.24, 2.45) is 0 Å². The SMILES string of the molecule is CC(=O)N[C@@H](CC(=O)NCc1ccc(C)c(F)c1)c1cccs1. The predicted molar refractivity (Wildman–Crippen MR) is 88.5 cm³/mol. The van der Waals surface area contributed by atoms with Crippen molar-refractivity contribution < 1.29 is 14.0 Å². The lowest BCUT2D eigenvalue weighted by Crippen LogP contribution is -2.32. The normalized spacial score (nSPS) is 11.8. The van der Waals surface area contributed by atoms with Gasteiger partial charge in [-0.2, -0.15) is 0 Å². The molecule has 6 heteroatoms. The Morgan fingerprint density at radius 2 is 2.09 bits per heavy atom. The van der Waals surface area contributed by atoms with Crippen LogP contribution in [0.4, 0.5) is 4.39 Å². The first-order valence-electron chi connectivity index (χ1n) is 7.28. The minimum absolute atomic E-state index is 0.147. The Labute approximate surface area is 138 Å². The highest BCUT2D eigenvalue weighted by Gasteiger charge is 2.17. The maximum atomic E-state index is 13.5. The van der Waals surface area contributed by atoms with Gasteiger partial charge in [0.05, 0.1) is 12.5 Å². The lowest BCUT2D eigenvalue weighted by Gasteiger charge is -2.16. The third kappa shape index (κ3) is 5.17. The molecule has 0 fully saturated rings. The van der Waals surface area contributed by atoms with E-state index in [2.05, 4.69) is 10.6 Å². The summed E-state index contributed by atoms with van der Waals surface area (Å²) >= 11 is 1.49. The average molecular weight is 334 g/mol. The van der Waals surface area contributed by atoms with Crippen molar-refractivity contribution in [2.75, 3.05) is 0 Å². The molecular weight excluding hydrogens is 315 g/mol. The van der Waals surface area contributed by atoms with Crippen molar-refractivity contribution in [1.29, 1.82) is 0 Å². The number of hydrogen-bond acceptors (Lipinski definition) is 3. The molecule has 0 saturated carbocycles. The van der Waals surface area contributed by atoms with Crippen molar-refractivity contribution in [3.8, 4) is 0 Å². The largest absolute Gasteiger partial charge is 0.352 e. The van der Waals surface area contributed by atoms with Crippen molar-refractivity contribution in [3.63, 3.8) is 0 Å². The van der Waals surface area contributed by atoms with Gasteiger partial charge in [-0.15, -0.1) is 11.3 Å². The Kier molecular flexibility index (Phi) is 5.87. The van der Waals surface area contributed by atoms with Gasteiger partial charge >= 0.3 is 0 Å². The van der Waals surface area contributed by atoms with Crippen LogP contribution in [0.25, 0.3) is 0 Å². The predicted octanol–water partition coefficient (Wildman–Crippen LogP) is 3.08.